The van der Waals surface area contributed by atoms with E-state index in [4.69, 9.17) is 0 Å². The van der Waals surface area contributed by atoms with Gasteiger partial charge in [-0.05, 0) is 39.8 Å². The van der Waals surface area contributed by atoms with E-state index in [0.717, 1.165) is 24.5 Å². The predicted molar refractivity (Wildman–Crippen MR) is 65.2 cm³/mol. The molecule has 84 valence electrons. The molecule has 1 aromatic rings. The van der Waals surface area contributed by atoms with Crippen LogP contribution < -0.4 is 10.6 Å². The van der Waals surface area contributed by atoms with Gasteiger partial charge in [-0.2, -0.15) is 0 Å². The van der Waals surface area contributed by atoms with E-state index in [-0.39, 0.29) is 5.54 Å². The smallest absolute Gasteiger partial charge is 0.0527 e. The number of aryl methyl sites for hydroxylation is 1. The molecule has 0 aliphatic carbocycles. The van der Waals surface area contributed by atoms with Gasteiger partial charge in [0, 0.05) is 24.3 Å². The zero-order valence-electron chi connectivity index (χ0n) is 10.1. The van der Waals surface area contributed by atoms with Gasteiger partial charge in [0.2, 0.25) is 0 Å². The van der Waals surface area contributed by atoms with Gasteiger partial charge >= 0.3 is 0 Å². The maximum Gasteiger partial charge on any atom is 0.0527 e. The van der Waals surface area contributed by atoms with Gasteiger partial charge < -0.3 is 10.6 Å². The van der Waals surface area contributed by atoms with Crippen LogP contribution in [0.4, 0.5) is 5.69 Å². The molecular weight excluding hydrogens is 186 g/mol. The summed E-state index contributed by atoms with van der Waals surface area (Å²) in [5.74, 6) is 0. The van der Waals surface area contributed by atoms with Crippen LogP contribution in [0.15, 0.2) is 18.3 Å². The van der Waals surface area contributed by atoms with Crippen LogP contribution in [0.1, 0.15) is 26.5 Å². The summed E-state index contributed by atoms with van der Waals surface area (Å²) in [6, 6.07) is 4.07. The standard InChI is InChI=1S/C12H21N3/c1-10-5-6-11(9-14-10)13-7-8-15-12(2,3)4/h5-6,9,13,15H,7-8H2,1-4H3. The number of anilines is 1. The van der Waals surface area contributed by atoms with Crippen molar-refractivity contribution in [3.8, 4) is 0 Å². The Hall–Kier alpha value is -1.09. The van der Waals surface area contributed by atoms with E-state index in [2.05, 4.69) is 42.5 Å². The fraction of sp³-hybridized carbons (Fsp3) is 0.583. The molecule has 0 saturated heterocycles. The van der Waals surface area contributed by atoms with Gasteiger partial charge in [-0.15, -0.1) is 0 Å². The lowest BCUT2D eigenvalue weighted by Crippen LogP contribution is -2.38. The van der Waals surface area contributed by atoms with Crippen LogP contribution in [0.3, 0.4) is 0 Å². The van der Waals surface area contributed by atoms with Crippen molar-refractivity contribution in [2.45, 2.75) is 33.2 Å². The highest BCUT2D eigenvalue weighted by Gasteiger charge is 2.06. The van der Waals surface area contributed by atoms with Crippen LogP contribution in [0.2, 0.25) is 0 Å². The number of pyridine rings is 1. The molecule has 1 aromatic heterocycles. The van der Waals surface area contributed by atoms with Crippen molar-refractivity contribution in [3.05, 3.63) is 24.0 Å². The van der Waals surface area contributed by atoms with E-state index in [1.807, 2.05) is 19.2 Å². The van der Waals surface area contributed by atoms with Crippen LogP contribution in [0.25, 0.3) is 0 Å². The molecule has 3 heteroatoms. The van der Waals surface area contributed by atoms with Gasteiger partial charge in [0.1, 0.15) is 0 Å². The van der Waals surface area contributed by atoms with Gasteiger partial charge in [-0.25, -0.2) is 0 Å². The summed E-state index contributed by atoms with van der Waals surface area (Å²) >= 11 is 0. The molecule has 0 aliphatic heterocycles. The third-order valence-corrected chi connectivity index (χ3v) is 2.02. The fourth-order valence-electron chi connectivity index (χ4n) is 1.22. The van der Waals surface area contributed by atoms with Crippen molar-refractivity contribution in [2.24, 2.45) is 0 Å². The molecule has 2 N–H and O–H groups in total. The van der Waals surface area contributed by atoms with Crippen LogP contribution >= 0.6 is 0 Å². The summed E-state index contributed by atoms with van der Waals surface area (Å²) in [5, 5.41) is 6.74. The Kier molecular flexibility index (Phi) is 4.09. The monoisotopic (exact) mass is 207 g/mol. The van der Waals surface area contributed by atoms with Crippen molar-refractivity contribution >= 4 is 5.69 Å². The minimum Gasteiger partial charge on any atom is -0.383 e. The molecule has 0 unspecified atom stereocenters. The largest absolute Gasteiger partial charge is 0.383 e. The fourth-order valence-corrected chi connectivity index (χ4v) is 1.22. The molecule has 1 heterocycles. The van der Waals surface area contributed by atoms with E-state index in [1.54, 1.807) is 0 Å². The van der Waals surface area contributed by atoms with E-state index in [9.17, 15) is 0 Å². The molecule has 15 heavy (non-hydrogen) atoms. The molecule has 0 fully saturated rings. The lowest BCUT2D eigenvalue weighted by molar-refractivity contribution is 0.435. The Morgan fingerprint density at radius 1 is 1.20 bits per heavy atom. The topological polar surface area (TPSA) is 37.0 Å². The average Bonchev–Trinajstić information content (AvgIpc) is 2.14. The minimum absolute atomic E-state index is 0.188. The SMILES string of the molecule is Cc1ccc(NCCNC(C)(C)C)cn1. The summed E-state index contributed by atoms with van der Waals surface area (Å²) in [6.07, 6.45) is 1.87. The highest BCUT2D eigenvalue weighted by Crippen LogP contribution is 2.04. The second kappa shape index (κ2) is 5.12. The number of rotatable bonds is 4. The first-order chi connectivity index (χ1) is 6.97. The summed E-state index contributed by atoms with van der Waals surface area (Å²) in [6.45, 7) is 10.4. The Morgan fingerprint density at radius 2 is 1.93 bits per heavy atom. The summed E-state index contributed by atoms with van der Waals surface area (Å²) in [7, 11) is 0. The molecular formula is C12H21N3. The van der Waals surface area contributed by atoms with Crippen LogP contribution in [-0.4, -0.2) is 23.6 Å². The van der Waals surface area contributed by atoms with Crippen molar-refractivity contribution < 1.29 is 0 Å². The van der Waals surface area contributed by atoms with Crippen molar-refractivity contribution in [1.29, 1.82) is 0 Å². The molecule has 0 radical (unpaired) electrons. The molecule has 3 nitrogen and oxygen atoms in total. The molecule has 1 rings (SSSR count). The third-order valence-electron chi connectivity index (χ3n) is 2.02. The number of hydrogen-bond donors (Lipinski definition) is 2. The van der Waals surface area contributed by atoms with Crippen LogP contribution in [0, 0.1) is 6.92 Å². The second-order valence-corrected chi connectivity index (χ2v) is 4.79. The Morgan fingerprint density at radius 3 is 2.47 bits per heavy atom. The maximum atomic E-state index is 4.22. The van der Waals surface area contributed by atoms with Crippen LogP contribution in [-0.2, 0) is 0 Å². The third kappa shape index (κ3) is 5.37. The minimum atomic E-state index is 0.188. The average molecular weight is 207 g/mol. The summed E-state index contributed by atoms with van der Waals surface area (Å²) in [4.78, 5) is 4.22. The molecule has 0 amide bonds. The zero-order valence-corrected chi connectivity index (χ0v) is 10.1. The van der Waals surface area contributed by atoms with Gasteiger partial charge in [-0.3, -0.25) is 4.98 Å². The van der Waals surface area contributed by atoms with Crippen molar-refractivity contribution in [2.75, 3.05) is 18.4 Å². The molecule has 0 saturated carbocycles. The lowest BCUT2D eigenvalue weighted by atomic mass is 10.1. The number of hydrogen-bond acceptors (Lipinski definition) is 3. The van der Waals surface area contributed by atoms with E-state index < -0.39 is 0 Å². The molecule has 0 aromatic carbocycles. The summed E-state index contributed by atoms with van der Waals surface area (Å²) in [5.41, 5.74) is 2.32. The molecule has 0 spiro atoms. The highest BCUT2D eigenvalue weighted by atomic mass is 15.0. The summed E-state index contributed by atoms with van der Waals surface area (Å²) < 4.78 is 0. The van der Waals surface area contributed by atoms with E-state index in [0.29, 0.717) is 0 Å². The first-order valence-corrected chi connectivity index (χ1v) is 5.39. The van der Waals surface area contributed by atoms with Crippen LogP contribution in [0.5, 0.6) is 0 Å². The van der Waals surface area contributed by atoms with E-state index in [1.165, 1.54) is 0 Å². The lowest BCUT2D eigenvalue weighted by Gasteiger charge is -2.20. The molecule has 0 bridgehead atoms. The second-order valence-electron chi connectivity index (χ2n) is 4.79. The highest BCUT2D eigenvalue weighted by molar-refractivity contribution is 5.40. The van der Waals surface area contributed by atoms with E-state index >= 15 is 0 Å². The Bertz CT molecular complexity index is 285. The maximum absolute atomic E-state index is 4.22. The number of nitrogens with zero attached hydrogens (tertiary/aromatic N) is 1. The zero-order chi connectivity index (χ0) is 11.3. The number of aromatic nitrogens is 1. The Labute approximate surface area is 92.3 Å². The van der Waals surface area contributed by atoms with Gasteiger partial charge in [-0.1, -0.05) is 0 Å². The Balaban J connectivity index is 2.23. The first kappa shape index (κ1) is 12.0. The predicted octanol–water partition coefficient (Wildman–Crippen LogP) is 2.19. The van der Waals surface area contributed by atoms with Gasteiger partial charge in [0.05, 0.1) is 11.9 Å². The van der Waals surface area contributed by atoms with Gasteiger partial charge in [0.15, 0.2) is 0 Å². The number of nitrogens with one attached hydrogen (secondary N) is 2. The normalized spacial score (nSPS) is 11.5. The quantitative estimate of drug-likeness (QED) is 0.743. The molecule has 0 atom stereocenters. The van der Waals surface area contributed by atoms with Gasteiger partial charge in [0.25, 0.3) is 0 Å². The van der Waals surface area contributed by atoms with Crippen molar-refractivity contribution in [3.63, 3.8) is 0 Å². The first-order valence-electron chi connectivity index (χ1n) is 5.39. The molecule has 0 aliphatic rings. The van der Waals surface area contributed by atoms with Crippen molar-refractivity contribution in [1.82, 2.24) is 10.3 Å².